The molecule has 2 rings (SSSR count). The molecule has 1 N–H and O–H groups in total. The SMILES string of the molecule is CCc1nn(C)c(NCC(CC)c2ccccc2)c1[N+](=O)[O-]. The van der Waals surface area contributed by atoms with Gasteiger partial charge in [0.2, 0.25) is 5.82 Å². The van der Waals surface area contributed by atoms with Crippen LogP contribution in [0.4, 0.5) is 11.5 Å². The molecular formula is C16H22N4O2. The van der Waals surface area contributed by atoms with Crippen molar-refractivity contribution >= 4 is 11.5 Å². The maximum absolute atomic E-state index is 11.3. The maximum Gasteiger partial charge on any atom is 0.333 e. The van der Waals surface area contributed by atoms with Crippen LogP contribution >= 0.6 is 0 Å². The lowest BCUT2D eigenvalue weighted by Crippen LogP contribution is -2.15. The molecule has 0 spiro atoms. The van der Waals surface area contributed by atoms with Gasteiger partial charge in [-0.2, -0.15) is 5.10 Å². The molecule has 6 heteroatoms. The lowest BCUT2D eigenvalue weighted by molar-refractivity contribution is -0.384. The average Bonchev–Trinajstić information content (AvgIpc) is 2.85. The van der Waals surface area contributed by atoms with Crippen molar-refractivity contribution in [2.75, 3.05) is 11.9 Å². The van der Waals surface area contributed by atoms with E-state index in [4.69, 9.17) is 0 Å². The monoisotopic (exact) mass is 302 g/mol. The van der Waals surface area contributed by atoms with Crippen LogP contribution in [0.2, 0.25) is 0 Å². The normalized spacial score (nSPS) is 12.1. The smallest absolute Gasteiger partial charge is 0.333 e. The predicted octanol–water partition coefficient (Wildman–Crippen LogP) is 3.50. The van der Waals surface area contributed by atoms with Crippen molar-refractivity contribution in [2.45, 2.75) is 32.6 Å². The number of benzene rings is 1. The number of nitrogens with zero attached hydrogens (tertiary/aromatic N) is 3. The number of hydrogen-bond acceptors (Lipinski definition) is 4. The highest BCUT2D eigenvalue weighted by molar-refractivity contribution is 5.60. The van der Waals surface area contributed by atoms with E-state index in [2.05, 4.69) is 29.5 Å². The van der Waals surface area contributed by atoms with E-state index < -0.39 is 0 Å². The minimum atomic E-state index is -0.350. The van der Waals surface area contributed by atoms with Gasteiger partial charge >= 0.3 is 5.69 Å². The Bertz CT molecular complexity index is 637. The Kier molecular flexibility index (Phi) is 5.14. The number of rotatable bonds is 7. The average molecular weight is 302 g/mol. The molecule has 118 valence electrons. The van der Waals surface area contributed by atoms with Crippen LogP contribution in [0, 0.1) is 10.1 Å². The summed E-state index contributed by atoms with van der Waals surface area (Å²) in [6.07, 6.45) is 1.50. The molecule has 0 radical (unpaired) electrons. The van der Waals surface area contributed by atoms with Crippen LogP contribution in [0.25, 0.3) is 0 Å². The van der Waals surface area contributed by atoms with E-state index >= 15 is 0 Å². The summed E-state index contributed by atoms with van der Waals surface area (Å²) in [5.41, 5.74) is 1.84. The van der Waals surface area contributed by atoms with Gasteiger partial charge in [0.1, 0.15) is 5.69 Å². The summed E-state index contributed by atoms with van der Waals surface area (Å²) in [5, 5.41) is 18.8. The van der Waals surface area contributed by atoms with Gasteiger partial charge in [-0.25, -0.2) is 4.68 Å². The molecule has 0 amide bonds. The lowest BCUT2D eigenvalue weighted by Gasteiger charge is -2.16. The third-order valence-electron chi connectivity index (χ3n) is 3.89. The van der Waals surface area contributed by atoms with E-state index in [1.807, 2.05) is 25.1 Å². The Labute approximate surface area is 130 Å². The molecule has 0 fully saturated rings. The highest BCUT2D eigenvalue weighted by Gasteiger charge is 2.25. The molecule has 1 aromatic carbocycles. The minimum Gasteiger partial charge on any atom is -0.364 e. The van der Waals surface area contributed by atoms with Crippen molar-refractivity contribution in [3.8, 4) is 0 Å². The first-order chi connectivity index (χ1) is 10.6. The highest BCUT2D eigenvalue weighted by atomic mass is 16.6. The largest absolute Gasteiger partial charge is 0.364 e. The summed E-state index contributed by atoms with van der Waals surface area (Å²) in [6, 6.07) is 10.2. The zero-order valence-electron chi connectivity index (χ0n) is 13.2. The quantitative estimate of drug-likeness (QED) is 0.627. The molecular weight excluding hydrogens is 280 g/mol. The molecule has 6 nitrogen and oxygen atoms in total. The highest BCUT2D eigenvalue weighted by Crippen LogP contribution is 2.29. The van der Waals surface area contributed by atoms with Gasteiger partial charge in [-0.15, -0.1) is 0 Å². The molecule has 22 heavy (non-hydrogen) atoms. The van der Waals surface area contributed by atoms with Crippen LogP contribution in [-0.2, 0) is 13.5 Å². The van der Waals surface area contributed by atoms with Crippen molar-refractivity contribution in [1.29, 1.82) is 0 Å². The third kappa shape index (κ3) is 3.27. The second kappa shape index (κ2) is 7.06. The van der Waals surface area contributed by atoms with Crippen LogP contribution in [0.15, 0.2) is 30.3 Å². The first kappa shape index (κ1) is 16.0. The van der Waals surface area contributed by atoms with E-state index in [0.29, 0.717) is 30.4 Å². The summed E-state index contributed by atoms with van der Waals surface area (Å²) >= 11 is 0. The van der Waals surface area contributed by atoms with E-state index in [9.17, 15) is 10.1 Å². The fourth-order valence-electron chi connectivity index (χ4n) is 2.64. The molecule has 1 unspecified atom stereocenters. The number of hydrogen-bond donors (Lipinski definition) is 1. The first-order valence-electron chi connectivity index (χ1n) is 7.57. The fourth-order valence-corrected chi connectivity index (χ4v) is 2.64. The van der Waals surface area contributed by atoms with Crippen LogP contribution in [0.5, 0.6) is 0 Å². The van der Waals surface area contributed by atoms with Gasteiger partial charge < -0.3 is 5.32 Å². The van der Waals surface area contributed by atoms with E-state index in [1.54, 1.807) is 11.7 Å². The van der Waals surface area contributed by atoms with Crippen LogP contribution in [-0.4, -0.2) is 21.2 Å². The van der Waals surface area contributed by atoms with Gasteiger partial charge in [0.15, 0.2) is 0 Å². The zero-order valence-corrected chi connectivity index (χ0v) is 13.2. The maximum atomic E-state index is 11.3. The Morgan fingerprint density at radius 2 is 2.00 bits per heavy atom. The van der Waals surface area contributed by atoms with E-state index in [1.165, 1.54) is 5.56 Å². The Hall–Kier alpha value is -2.37. The van der Waals surface area contributed by atoms with E-state index in [-0.39, 0.29) is 10.6 Å². The van der Waals surface area contributed by atoms with Crippen molar-refractivity contribution < 1.29 is 4.92 Å². The van der Waals surface area contributed by atoms with Gasteiger partial charge in [-0.1, -0.05) is 44.2 Å². The summed E-state index contributed by atoms with van der Waals surface area (Å²) < 4.78 is 1.56. The number of aromatic nitrogens is 2. The molecule has 0 bridgehead atoms. The Balaban J connectivity index is 2.20. The number of anilines is 1. The van der Waals surface area contributed by atoms with E-state index in [0.717, 1.165) is 6.42 Å². The van der Waals surface area contributed by atoms with Crippen molar-refractivity contribution in [2.24, 2.45) is 7.05 Å². The fraction of sp³-hybridized carbons (Fsp3) is 0.438. The first-order valence-corrected chi connectivity index (χ1v) is 7.57. The van der Waals surface area contributed by atoms with Crippen molar-refractivity contribution in [1.82, 2.24) is 9.78 Å². The molecule has 0 aliphatic rings. The van der Waals surface area contributed by atoms with Crippen LogP contribution in [0.3, 0.4) is 0 Å². The van der Waals surface area contributed by atoms with Gasteiger partial charge in [-0.05, 0) is 18.4 Å². The number of nitro groups is 1. The number of aryl methyl sites for hydroxylation is 2. The van der Waals surface area contributed by atoms with Crippen LogP contribution < -0.4 is 5.32 Å². The zero-order chi connectivity index (χ0) is 16.1. The molecule has 1 heterocycles. The molecule has 2 aromatic rings. The summed E-state index contributed by atoms with van der Waals surface area (Å²) in [6.45, 7) is 4.64. The second-order valence-electron chi connectivity index (χ2n) is 5.27. The second-order valence-corrected chi connectivity index (χ2v) is 5.27. The lowest BCUT2D eigenvalue weighted by atomic mass is 9.96. The summed E-state index contributed by atoms with van der Waals surface area (Å²) in [4.78, 5) is 11.0. The molecule has 1 aromatic heterocycles. The topological polar surface area (TPSA) is 73.0 Å². The Morgan fingerprint density at radius 1 is 1.32 bits per heavy atom. The van der Waals surface area contributed by atoms with Gasteiger partial charge in [0.25, 0.3) is 0 Å². The van der Waals surface area contributed by atoms with Crippen molar-refractivity contribution in [3.63, 3.8) is 0 Å². The number of nitrogens with one attached hydrogen (secondary N) is 1. The summed E-state index contributed by atoms with van der Waals surface area (Å²) in [5.74, 6) is 0.789. The van der Waals surface area contributed by atoms with Crippen molar-refractivity contribution in [3.05, 3.63) is 51.7 Å². The molecule has 1 atom stereocenters. The van der Waals surface area contributed by atoms with Gasteiger partial charge in [0, 0.05) is 19.5 Å². The standard InChI is InChI=1S/C16H22N4O2/c1-4-12(13-9-7-6-8-10-13)11-17-16-15(20(21)22)14(5-2)18-19(16)3/h6-10,12,17H,4-5,11H2,1-3H3. The predicted molar refractivity (Wildman–Crippen MR) is 87.2 cm³/mol. The minimum absolute atomic E-state index is 0.0907. The summed E-state index contributed by atoms with van der Waals surface area (Å²) in [7, 11) is 1.73. The molecule has 0 aliphatic carbocycles. The molecule has 0 saturated carbocycles. The third-order valence-corrected chi connectivity index (χ3v) is 3.89. The Morgan fingerprint density at radius 3 is 2.55 bits per heavy atom. The molecule has 0 saturated heterocycles. The van der Waals surface area contributed by atoms with Gasteiger partial charge in [0.05, 0.1) is 4.92 Å². The van der Waals surface area contributed by atoms with Gasteiger partial charge in [-0.3, -0.25) is 10.1 Å². The molecule has 0 aliphatic heterocycles. The van der Waals surface area contributed by atoms with Crippen LogP contribution in [0.1, 0.15) is 37.4 Å².